The summed E-state index contributed by atoms with van der Waals surface area (Å²) in [5, 5.41) is 4.92. The fourth-order valence-electron chi connectivity index (χ4n) is 4.64. The van der Waals surface area contributed by atoms with Crippen molar-refractivity contribution in [3.8, 4) is 0 Å². The molecule has 1 saturated carbocycles. The van der Waals surface area contributed by atoms with Gasteiger partial charge in [0.25, 0.3) is 5.91 Å². The summed E-state index contributed by atoms with van der Waals surface area (Å²) in [5.74, 6) is 0.122. The van der Waals surface area contributed by atoms with Crippen molar-refractivity contribution >= 4 is 34.3 Å². The number of nitrogens with one attached hydrogen (secondary N) is 1. The third-order valence-corrected chi connectivity index (χ3v) is 6.86. The number of amides is 2. The molecule has 2 aromatic rings. The summed E-state index contributed by atoms with van der Waals surface area (Å²) in [6.07, 6.45) is 6.40. The summed E-state index contributed by atoms with van der Waals surface area (Å²) in [6.45, 7) is 1.72. The van der Waals surface area contributed by atoms with E-state index in [1.807, 2.05) is 0 Å². The third kappa shape index (κ3) is 3.98. The summed E-state index contributed by atoms with van der Waals surface area (Å²) in [4.78, 5) is 43.9. The highest BCUT2D eigenvalue weighted by atomic mass is 32.1. The number of likely N-dealkylation sites (tertiary alicyclic amines) is 1. The van der Waals surface area contributed by atoms with Crippen LogP contribution >= 0.6 is 11.3 Å². The number of rotatable bonds is 5. The van der Waals surface area contributed by atoms with E-state index in [2.05, 4.69) is 10.3 Å². The van der Waals surface area contributed by atoms with Crippen molar-refractivity contribution in [3.05, 3.63) is 34.7 Å². The Kier molecular flexibility index (Phi) is 5.90. The zero-order valence-electron chi connectivity index (χ0n) is 17.1. The Morgan fingerprint density at radius 2 is 2.13 bits per heavy atom. The van der Waals surface area contributed by atoms with Gasteiger partial charge in [-0.2, -0.15) is 0 Å². The van der Waals surface area contributed by atoms with E-state index >= 15 is 0 Å². The zero-order chi connectivity index (χ0) is 21.3. The van der Waals surface area contributed by atoms with E-state index in [4.69, 9.17) is 9.15 Å². The van der Waals surface area contributed by atoms with Crippen LogP contribution in [0.4, 0.5) is 5.13 Å². The van der Waals surface area contributed by atoms with Gasteiger partial charge in [-0.05, 0) is 38.2 Å². The maximum atomic E-state index is 13.1. The molecule has 3 heterocycles. The first-order chi connectivity index (χ1) is 14.5. The molecule has 8 nitrogen and oxygen atoms in total. The fourth-order valence-corrected chi connectivity index (χ4v) is 5.35. The van der Waals surface area contributed by atoms with Gasteiger partial charge in [0, 0.05) is 11.4 Å². The fraction of sp³-hybridized carbons (Fsp3) is 0.524. The molecule has 9 heteroatoms. The summed E-state index contributed by atoms with van der Waals surface area (Å²) in [6, 6.07) is 1.18. The first kappa shape index (κ1) is 20.6. The Hall–Kier alpha value is -2.68. The monoisotopic (exact) mass is 431 g/mol. The SMILES string of the molecule is COC(=O)C1CC2CCCCC2N1C(=O)Cc1csc(NC(=O)c2ccoc2C)n1. The van der Waals surface area contributed by atoms with Gasteiger partial charge in [-0.3, -0.25) is 14.9 Å². The Morgan fingerprint density at radius 1 is 1.33 bits per heavy atom. The number of hydrogen-bond donors (Lipinski definition) is 1. The lowest BCUT2D eigenvalue weighted by atomic mass is 9.84. The molecule has 1 aliphatic heterocycles. The number of aryl methyl sites for hydroxylation is 1. The van der Waals surface area contributed by atoms with Gasteiger partial charge in [0.15, 0.2) is 5.13 Å². The molecule has 3 unspecified atom stereocenters. The molecule has 30 heavy (non-hydrogen) atoms. The molecule has 2 amide bonds. The molecule has 1 N–H and O–H groups in total. The number of thiazole rings is 1. The lowest BCUT2D eigenvalue weighted by Crippen LogP contribution is -2.47. The maximum absolute atomic E-state index is 13.1. The number of esters is 1. The molecule has 2 aromatic heterocycles. The number of carbonyl (C=O) groups excluding carboxylic acids is 3. The Morgan fingerprint density at radius 3 is 2.87 bits per heavy atom. The second-order valence-corrected chi connectivity index (χ2v) is 8.71. The molecule has 3 atom stereocenters. The highest BCUT2D eigenvalue weighted by molar-refractivity contribution is 7.14. The normalized spacial score (nSPS) is 23.1. The van der Waals surface area contributed by atoms with Crippen LogP contribution in [0.2, 0.25) is 0 Å². The largest absolute Gasteiger partial charge is 0.469 e. The molecule has 4 rings (SSSR count). The Labute approximate surface area is 178 Å². The van der Waals surface area contributed by atoms with E-state index in [0.717, 1.165) is 25.7 Å². The van der Waals surface area contributed by atoms with Crippen molar-refractivity contribution in [3.63, 3.8) is 0 Å². The second kappa shape index (κ2) is 8.59. The van der Waals surface area contributed by atoms with Gasteiger partial charge >= 0.3 is 5.97 Å². The lowest BCUT2D eigenvalue weighted by Gasteiger charge is -2.33. The third-order valence-electron chi connectivity index (χ3n) is 6.06. The Bertz CT molecular complexity index is 952. The van der Waals surface area contributed by atoms with E-state index in [9.17, 15) is 14.4 Å². The minimum absolute atomic E-state index is 0.0911. The van der Waals surface area contributed by atoms with Crippen LogP contribution in [0.25, 0.3) is 0 Å². The van der Waals surface area contributed by atoms with Gasteiger partial charge in [-0.1, -0.05) is 12.8 Å². The van der Waals surface area contributed by atoms with Crippen LogP contribution < -0.4 is 5.32 Å². The van der Waals surface area contributed by atoms with Crippen LogP contribution in [0, 0.1) is 12.8 Å². The van der Waals surface area contributed by atoms with Gasteiger partial charge < -0.3 is 14.1 Å². The minimum atomic E-state index is -0.516. The molecule has 2 fully saturated rings. The van der Waals surface area contributed by atoms with Crippen molar-refractivity contribution in [2.24, 2.45) is 5.92 Å². The van der Waals surface area contributed by atoms with Crippen molar-refractivity contribution in [2.45, 2.75) is 57.5 Å². The molecule has 0 spiro atoms. The molecule has 0 radical (unpaired) electrons. The molecule has 0 bridgehead atoms. The first-order valence-electron chi connectivity index (χ1n) is 10.2. The van der Waals surface area contributed by atoms with Crippen LogP contribution in [0.15, 0.2) is 22.1 Å². The van der Waals surface area contributed by atoms with Crippen molar-refractivity contribution in [1.29, 1.82) is 0 Å². The smallest absolute Gasteiger partial charge is 0.328 e. The van der Waals surface area contributed by atoms with Crippen LogP contribution in [0.3, 0.4) is 0 Å². The van der Waals surface area contributed by atoms with Crippen LogP contribution in [-0.4, -0.2) is 46.9 Å². The minimum Gasteiger partial charge on any atom is -0.469 e. The summed E-state index contributed by atoms with van der Waals surface area (Å²) >= 11 is 1.26. The highest BCUT2D eigenvalue weighted by Gasteiger charge is 2.47. The van der Waals surface area contributed by atoms with E-state index in [0.29, 0.717) is 34.5 Å². The first-order valence-corrected chi connectivity index (χ1v) is 11.0. The van der Waals surface area contributed by atoms with Crippen LogP contribution in [-0.2, 0) is 20.7 Å². The van der Waals surface area contributed by atoms with E-state index in [1.54, 1.807) is 23.3 Å². The zero-order valence-corrected chi connectivity index (χ0v) is 17.9. The van der Waals surface area contributed by atoms with Gasteiger partial charge in [0.1, 0.15) is 11.8 Å². The summed E-state index contributed by atoms with van der Waals surface area (Å²) in [7, 11) is 1.37. The average Bonchev–Trinajstić information content (AvgIpc) is 3.45. The number of methoxy groups -OCH3 is 1. The van der Waals surface area contributed by atoms with Gasteiger partial charge in [0.2, 0.25) is 5.91 Å². The van der Waals surface area contributed by atoms with Crippen molar-refractivity contribution in [2.75, 3.05) is 12.4 Å². The van der Waals surface area contributed by atoms with Gasteiger partial charge in [0.05, 0.1) is 31.1 Å². The van der Waals surface area contributed by atoms with E-state index < -0.39 is 6.04 Å². The number of aromatic nitrogens is 1. The lowest BCUT2D eigenvalue weighted by molar-refractivity contribution is -0.152. The number of nitrogens with zero attached hydrogens (tertiary/aromatic N) is 2. The second-order valence-electron chi connectivity index (χ2n) is 7.85. The Balaban J connectivity index is 1.44. The molecular weight excluding hydrogens is 406 g/mol. The molecule has 1 aliphatic carbocycles. The predicted octanol–water partition coefficient (Wildman–Crippen LogP) is 3.17. The van der Waals surface area contributed by atoms with Crippen molar-refractivity contribution < 1.29 is 23.5 Å². The maximum Gasteiger partial charge on any atom is 0.328 e. The average molecular weight is 432 g/mol. The topological polar surface area (TPSA) is 102 Å². The van der Waals surface area contributed by atoms with E-state index in [1.165, 1.54) is 24.7 Å². The highest BCUT2D eigenvalue weighted by Crippen LogP contribution is 2.40. The standard InChI is InChI=1S/C21H25N3O5S/c1-12-15(7-8-29-12)19(26)23-21-22-14(11-30-21)10-18(25)24-16-6-4-3-5-13(16)9-17(24)20(27)28-2/h7-8,11,13,16-17H,3-6,9-10H2,1-2H3,(H,22,23,26). The molecule has 1 saturated heterocycles. The number of ether oxygens (including phenoxy) is 1. The van der Waals surface area contributed by atoms with Crippen LogP contribution in [0.5, 0.6) is 0 Å². The van der Waals surface area contributed by atoms with E-state index in [-0.39, 0.29) is 30.2 Å². The summed E-state index contributed by atoms with van der Waals surface area (Å²) < 4.78 is 10.1. The number of anilines is 1. The molecule has 160 valence electrons. The summed E-state index contributed by atoms with van der Waals surface area (Å²) in [5.41, 5.74) is 1.02. The molecular formula is C21H25N3O5S. The number of carbonyl (C=O) groups is 3. The molecule has 0 aromatic carbocycles. The van der Waals surface area contributed by atoms with Gasteiger partial charge in [-0.25, -0.2) is 9.78 Å². The predicted molar refractivity (Wildman–Crippen MR) is 110 cm³/mol. The molecule has 2 aliphatic rings. The number of furan rings is 1. The quantitative estimate of drug-likeness (QED) is 0.730. The van der Waals surface area contributed by atoms with Crippen molar-refractivity contribution in [1.82, 2.24) is 9.88 Å². The number of fused-ring (bicyclic) bond motifs is 1. The number of hydrogen-bond acceptors (Lipinski definition) is 7. The van der Waals surface area contributed by atoms with Gasteiger partial charge in [-0.15, -0.1) is 11.3 Å². The van der Waals surface area contributed by atoms with Crippen LogP contribution in [0.1, 0.15) is 53.9 Å².